The van der Waals surface area contributed by atoms with Crippen LogP contribution in [0.25, 0.3) is 56.4 Å². The highest BCUT2D eigenvalue weighted by molar-refractivity contribution is 7.92. The van der Waals surface area contributed by atoms with Gasteiger partial charge in [0.05, 0.1) is 9.79 Å². The van der Waals surface area contributed by atoms with Crippen LogP contribution in [0.1, 0.15) is 0 Å². The zero-order valence-corrected chi connectivity index (χ0v) is 21.5. The van der Waals surface area contributed by atoms with Gasteiger partial charge in [-0.15, -0.1) is 0 Å². The van der Waals surface area contributed by atoms with Crippen LogP contribution in [0.5, 0.6) is 0 Å². The Balaban J connectivity index is 1.49. The van der Waals surface area contributed by atoms with Crippen molar-refractivity contribution in [2.24, 2.45) is 0 Å². The van der Waals surface area contributed by atoms with E-state index < -0.39 is 9.84 Å². The van der Waals surface area contributed by atoms with Crippen molar-refractivity contribution in [3.05, 3.63) is 127 Å². The van der Waals surface area contributed by atoms with Gasteiger partial charge < -0.3 is 0 Å². The molecule has 2 heterocycles. The Bertz CT molecular complexity index is 1900. The van der Waals surface area contributed by atoms with Crippen LogP contribution in [0.15, 0.2) is 137 Å². The molecule has 0 radical (unpaired) electrons. The third kappa shape index (κ3) is 3.93. The summed E-state index contributed by atoms with van der Waals surface area (Å²) >= 11 is 0. The second-order valence-corrected chi connectivity index (χ2v) is 11.2. The van der Waals surface area contributed by atoms with Gasteiger partial charge in [-0.1, -0.05) is 109 Å². The fourth-order valence-electron chi connectivity index (χ4n) is 5.04. The van der Waals surface area contributed by atoms with Crippen molar-refractivity contribution in [3.63, 3.8) is 0 Å². The van der Waals surface area contributed by atoms with Crippen molar-refractivity contribution in [3.8, 4) is 56.4 Å². The van der Waals surface area contributed by atoms with E-state index in [-0.39, 0.29) is 4.90 Å². The summed E-state index contributed by atoms with van der Waals surface area (Å²) in [5, 5.41) is 0. The second-order valence-electron chi connectivity index (χ2n) is 9.30. The first-order valence-corrected chi connectivity index (χ1v) is 14.0. The van der Waals surface area contributed by atoms with Gasteiger partial charge in [-0.3, -0.25) is 0 Å². The lowest BCUT2D eigenvalue weighted by Crippen LogP contribution is -2.01. The SMILES string of the molecule is O=S1(=O)c2ccc(-c3ccccc3)cc2-c2c(-c3nc(-c4ccccc4)nc(-c4ccccc4)n3)cccc21. The summed E-state index contributed by atoms with van der Waals surface area (Å²) in [6.07, 6.45) is 0. The Morgan fingerprint density at radius 3 is 1.54 bits per heavy atom. The molecule has 0 aliphatic carbocycles. The van der Waals surface area contributed by atoms with Crippen molar-refractivity contribution in [1.29, 1.82) is 0 Å². The lowest BCUT2D eigenvalue weighted by atomic mass is 9.95. The minimum absolute atomic E-state index is 0.267. The number of rotatable bonds is 4. The van der Waals surface area contributed by atoms with Crippen LogP contribution in [0.3, 0.4) is 0 Å². The van der Waals surface area contributed by atoms with Gasteiger partial charge in [-0.2, -0.15) is 0 Å². The Morgan fingerprint density at radius 2 is 0.949 bits per heavy atom. The number of fused-ring (bicyclic) bond motifs is 3. The van der Waals surface area contributed by atoms with Gasteiger partial charge in [0, 0.05) is 27.8 Å². The van der Waals surface area contributed by atoms with Crippen molar-refractivity contribution < 1.29 is 8.42 Å². The van der Waals surface area contributed by atoms with Crippen LogP contribution >= 0.6 is 0 Å². The minimum atomic E-state index is -3.69. The molecule has 0 spiro atoms. The molecule has 0 fully saturated rings. The summed E-state index contributed by atoms with van der Waals surface area (Å²) in [5.74, 6) is 1.47. The van der Waals surface area contributed by atoms with Crippen LogP contribution in [-0.4, -0.2) is 23.4 Å². The fraction of sp³-hybridized carbons (Fsp3) is 0. The number of benzene rings is 5. The van der Waals surface area contributed by atoms with Crippen LogP contribution in [0.4, 0.5) is 0 Å². The highest BCUT2D eigenvalue weighted by Crippen LogP contribution is 2.48. The molecule has 6 heteroatoms. The Kier molecular flexibility index (Phi) is 5.42. The maximum Gasteiger partial charge on any atom is 0.207 e. The largest absolute Gasteiger partial charge is 0.218 e. The normalized spacial score (nSPS) is 13.0. The van der Waals surface area contributed by atoms with Gasteiger partial charge in [0.25, 0.3) is 0 Å². The average molecular weight is 524 g/mol. The second kappa shape index (κ2) is 9.11. The first kappa shape index (κ1) is 23.2. The maximum atomic E-state index is 13.6. The van der Waals surface area contributed by atoms with Gasteiger partial charge in [-0.05, 0) is 29.3 Å². The molecule has 0 bridgehead atoms. The summed E-state index contributed by atoms with van der Waals surface area (Å²) in [4.78, 5) is 15.1. The van der Waals surface area contributed by atoms with E-state index in [0.29, 0.717) is 39.1 Å². The molecule has 0 N–H and O–H groups in total. The zero-order chi connectivity index (χ0) is 26.4. The predicted octanol–water partition coefficient (Wildman–Crippen LogP) is 7.35. The monoisotopic (exact) mass is 523 g/mol. The van der Waals surface area contributed by atoms with E-state index in [2.05, 4.69) is 0 Å². The molecular weight excluding hydrogens is 502 g/mol. The fourth-order valence-corrected chi connectivity index (χ4v) is 6.72. The zero-order valence-electron chi connectivity index (χ0n) is 20.7. The summed E-state index contributed by atoms with van der Waals surface area (Å²) < 4.78 is 27.3. The number of sulfone groups is 1. The van der Waals surface area contributed by atoms with Crippen molar-refractivity contribution >= 4 is 9.84 Å². The van der Waals surface area contributed by atoms with E-state index in [1.54, 1.807) is 18.2 Å². The lowest BCUT2D eigenvalue weighted by Gasteiger charge is -2.12. The van der Waals surface area contributed by atoms with E-state index in [9.17, 15) is 8.42 Å². The third-order valence-corrected chi connectivity index (χ3v) is 8.76. The molecule has 5 nitrogen and oxygen atoms in total. The number of hydrogen-bond acceptors (Lipinski definition) is 5. The first-order valence-electron chi connectivity index (χ1n) is 12.5. The van der Waals surface area contributed by atoms with Gasteiger partial charge in [0.2, 0.25) is 9.84 Å². The molecule has 0 saturated carbocycles. The smallest absolute Gasteiger partial charge is 0.207 e. The predicted molar refractivity (Wildman–Crippen MR) is 152 cm³/mol. The average Bonchev–Trinajstić information content (AvgIpc) is 3.24. The molecule has 1 aliphatic rings. The van der Waals surface area contributed by atoms with E-state index in [1.165, 1.54) is 0 Å². The van der Waals surface area contributed by atoms with Crippen LogP contribution in [0.2, 0.25) is 0 Å². The molecule has 1 aliphatic heterocycles. The Morgan fingerprint density at radius 1 is 0.410 bits per heavy atom. The summed E-state index contributed by atoms with van der Waals surface area (Å²) in [6, 6.07) is 40.2. The van der Waals surface area contributed by atoms with Crippen molar-refractivity contribution in [1.82, 2.24) is 15.0 Å². The van der Waals surface area contributed by atoms with E-state index in [1.807, 2.05) is 109 Å². The molecule has 0 saturated heterocycles. The molecule has 7 rings (SSSR count). The maximum absolute atomic E-state index is 13.6. The molecule has 0 atom stereocenters. The van der Waals surface area contributed by atoms with Gasteiger partial charge in [0.15, 0.2) is 17.5 Å². The number of hydrogen-bond donors (Lipinski definition) is 0. The molecule has 6 aromatic rings. The van der Waals surface area contributed by atoms with Crippen LogP contribution in [-0.2, 0) is 9.84 Å². The standard InChI is InChI=1S/C33H21N3O2S/c37-39(38)28-20-19-25(22-11-4-1-5-12-22)21-27(28)30-26(17-10-18-29(30)39)33-35-31(23-13-6-2-7-14-23)34-32(36-33)24-15-8-3-9-16-24/h1-21H. The lowest BCUT2D eigenvalue weighted by molar-refractivity contribution is 0.598. The van der Waals surface area contributed by atoms with Gasteiger partial charge >= 0.3 is 0 Å². The highest BCUT2D eigenvalue weighted by atomic mass is 32.2. The van der Waals surface area contributed by atoms with E-state index >= 15 is 0 Å². The Hall–Kier alpha value is -4.94. The molecule has 5 aromatic carbocycles. The number of aromatic nitrogens is 3. The summed E-state index contributed by atoms with van der Waals surface area (Å²) in [6.45, 7) is 0. The van der Waals surface area contributed by atoms with E-state index in [0.717, 1.165) is 22.3 Å². The van der Waals surface area contributed by atoms with Crippen molar-refractivity contribution in [2.75, 3.05) is 0 Å². The van der Waals surface area contributed by atoms with Gasteiger partial charge in [0.1, 0.15) is 0 Å². The quantitative estimate of drug-likeness (QED) is 0.241. The Labute approximate surface area is 226 Å². The molecule has 39 heavy (non-hydrogen) atoms. The van der Waals surface area contributed by atoms with Crippen LogP contribution < -0.4 is 0 Å². The number of nitrogens with zero attached hydrogens (tertiary/aromatic N) is 3. The molecule has 186 valence electrons. The summed E-state index contributed by atoms with van der Waals surface area (Å²) in [7, 11) is -3.69. The van der Waals surface area contributed by atoms with E-state index in [4.69, 9.17) is 15.0 Å². The highest BCUT2D eigenvalue weighted by Gasteiger charge is 2.35. The molecular formula is C33H21N3O2S. The van der Waals surface area contributed by atoms with Gasteiger partial charge in [-0.25, -0.2) is 23.4 Å². The molecule has 0 unspecified atom stereocenters. The molecule has 1 aromatic heterocycles. The summed E-state index contributed by atoms with van der Waals surface area (Å²) in [5.41, 5.74) is 5.59. The van der Waals surface area contributed by atoms with Crippen LogP contribution in [0, 0.1) is 0 Å². The third-order valence-electron chi connectivity index (χ3n) is 6.90. The molecule has 0 amide bonds. The minimum Gasteiger partial charge on any atom is -0.218 e. The topological polar surface area (TPSA) is 72.8 Å². The first-order chi connectivity index (χ1) is 19.1. The van der Waals surface area contributed by atoms with Crippen molar-refractivity contribution in [2.45, 2.75) is 9.79 Å².